The van der Waals surface area contributed by atoms with Crippen molar-refractivity contribution in [1.29, 1.82) is 0 Å². The van der Waals surface area contributed by atoms with E-state index in [-0.39, 0.29) is 31.9 Å². The molecule has 0 radical (unpaired) electrons. The van der Waals surface area contributed by atoms with Crippen molar-refractivity contribution in [3.8, 4) is 0 Å². The number of piperazine rings is 1. The standard InChI is InChI=1S/C9H11F3N4O3S/c10-9(11)16-2-1-7(13-16)8(17)14-3-5-15(6-4-14)20(12,18)19/h1-2,9H,3-6H2. The smallest absolute Gasteiger partial charge is 0.335 e. The number of aromatic nitrogens is 2. The Hall–Kier alpha value is -1.62. The summed E-state index contributed by atoms with van der Waals surface area (Å²) < 4.78 is 59.7. The molecule has 7 nitrogen and oxygen atoms in total. The average molecular weight is 312 g/mol. The van der Waals surface area contributed by atoms with E-state index in [9.17, 15) is 25.9 Å². The van der Waals surface area contributed by atoms with Gasteiger partial charge < -0.3 is 4.90 Å². The number of amides is 1. The number of rotatable bonds is 3. The van der Waals surface area contributed by atoms with Crippen molar-refractivity contribution in [3.05, 3.63) is 18.0 Å². The molecule has 112 valence electrons. The summed E-state index contributed by atoms with van der Waals surface area (Å²) in [6.07, 6.45) is 0.972. The molecule has 0 atom stereocenters. The van der Waals surface area contributed by atoms with Gasteiger partial charge >= 0.3 is 17.0 Å². The Morgan fingerprint density at radius 2 is 1.85 bits per heavy atom. The summed E-state index contributed by atoms with van der Waals surface area (Å²) in [7, 11) is -4.77. The lowest BCUT2D eigenvalue weighted by Gasteiger charge is -2.31. The Kier molecular flexibility index (Phi) is 3.99. The molecule has 0 bridgehead atoms. The molecule has 2 rings (SSSR count). The summed E-state index contributed by atoms with van der Waals surface area (Å²) in [5.74, 6) is -0.597. The number of carbonyl (C=O) groups excluding carboxylic acids is 1. The minimum atomic E-state index is -4.77. The fourth-order valence-corrected chi connectivity index (χ4v) is 2.43. The zero-order valence-electron chi connectivity index (χ0n) is 10.1. The number of alkyl halides is 2. The van der Waals surface area contributed by atoms with Gasteiger partial charge in [0.15, 0.2) is 5.69 Å². The summed E-state index contributed by atoms with van der Waals surface area (Å²) in [6.45, 7) is -3.25. The molecular weight excluding hydrogens is 301 g/mol. The largest absolute Gasteiger partial charge is 0.374 e. The highest BCUT2D eigenvalue weighted by molar-refractivity contribution is 7.83. The molecule has 0 spiro atoms. The van der Waals surface area contributed by atoms with Gasteiger partial charge in [0.05, 0.1) is 0 Å². The highest BCUT2D eigenvalue weighted by atomic mass is 32.3. The molecule has 2 heterocycles. The predicted molar refractivity (Wildman–Crippen MR) is 61.0 cm³/mol. The minimum Gasteiger partial charge on any atom is -0.335 e. The van der Waals surface area contributed by atoms with Gasteiger partial charge in [-0.25, -0.2) is 4.68 Å². The van der Waals surface area contributed by atoms with Crippen LogP contribution in [-0.4, -0.2) is 59.5 Å². The molecule has 1 saturated heterocycles. The van der Waals surface area contributed by atoms with Gasteiger partial charge in [-0.15, -0.1) is 0 Å². The fraction of sp³-hybridized carbons (Fsp3) is 0.556. The van der Waals surface area contributed by atoms with Gasteiger partial charge in [-0.2, -0.15) is 26.6 Å². The first kappa shape index (κ1) is 14.8. The molecule has 20 heavy (non-hydrogen) atoms. The van der Waals surface area contributed by atoms with E-state index in [0.717, 1.165) is 12.3 Å². The van der Waals surface area contributed by atoms with Crippen LogP contribution in [0.25, 0.3) is 0 Å². The van der Waals surface area contributed by atoms with Crippen molar-refractivity contribution in [3.63, 3.8) is 0 Å². The number of nitrogens with zero attached hydrogens (tertiary/aromatic N) is 4. The zero-order valence-corrected chi connectivity index (χ0v) is 10.9. The van der Waals surface area contributed by atoms with E-state index in [1.54, 1.807) is 0 Å². The number of carbonyl (C=O) groups is 1. The summed E-state index contributed by atoms with van der Waals surface area (Å²) >= 11 is 0. The molecule has 1 amide bonds. The van der Waals surface area contributed by atoms with Crippen LogP contribution < -0.4 is 0 Å². The lowest BCUT2D eigenvalue weighted by molar-refractivity contribution is 0.0545. The maximum Gasteiger partial charge on any atom is 0.374 e. The van der Waals surface area contributed by atoms with Crippen LogP contribution in [0.3, 0.4) is 0 Å². The molecule has 11 heteroatoms. The topological polar surface area (TPSA) is 75.5 Å². The number of hydrogen-bond donors (Lipinski definition) is 0. The molecular formula is C9H11F3N4O3S. The maximum absolute atomic E-state index is 12.7. The van der Waals surface area contributed by atoms with Crippen molar-refractivity contribution < 1.29 is 25.9 Å². The molecule has 1 aromatic heterocycles. The molecule has 0 N–H and O–H groups in total. The highest BCUT2D eigenvalue weighted by Crippen LogP contribution is 2.13. The van der Waals surface area contributed by atoms with Crippen molar-refractivity contribution in [2.24, 2.45) is 0 Å². The van der Waals surface area contributed by atoms with E-state index in [4.69, 9.17) is 0 Å². The Morgan fingerprint density at radius 3 is 2.30 bits per heavy atom. The van der Waals surface area contributed by atoms with Gasteiger partial charge in [-0.05, 0) is 6.07 Å². The van der Waals surface area contributed by atoms with Crippen molar-refractivity contribution in [2.75, 3.05) is 26.2 Å². The van der Waals surface area contributed by atoms with Gasteiger partial charge in [0.2, 0.25) is 0 Å². The first-order valence-electron chi connectivity index (χ1n) is 5.61. The molecule has 1 aromatic rings. The van der Waals surface area contributed by atoms with Gasteiger partial charge in [0, 0.05) is 32.4 Å². The quantitative estimate of drug-likeness (QED) is 0.750. The van der Waals surface area contributed by atoms with Crippen LogP contribution in [0.2, 0.25) is 0 Å². The monoisotopic (exact) mass is 312 g/mol. The van der Waals surface area contributed by atoms with E-state index < -0.39 is 22.9 Å². The summed E-state index contributed by atoms with van der Waals surface area (Å²) in [5.41, 5.74) is -0.165. The van der Waals surface area contributed by atoms with Crippen molar-refractivity contribution in [1.82, 2.24) is 19.0 Å². The van der Waals surface area contributed by atoms with Crippen molar-refractivity contribution in [2.45, 2.75) is 6.55 Å². The Balaban J connectivity index is 2.01. The highest BCUT2D eigenvalue weighted by Gasteiger charge is 2.29. The third kappa shape index (κ3) is 3.10. The third-order valence-electron chi connectivity index (χ3n) is 2.86. The van der Waals surface area contributed by atoms with E-state index in [0.29, 0.717) is 8.99 Å². The number of halogens is 3. The SMILES string of the molecule is O=C(c1ccn(C(F)F)n1)N1CCN(S(=O)(=O)F)CC1. The third-order valence-corrected chi connectivity index (χ3v) is 3.84. The van der Waals surface area contributed by atoms with E-state index in [1.807, 2.05) is 0 Å². The molecule has 0 unspecified atom stereocenters. The molecule has 0 saturated carbocycles. The van der Waals surface area contributed by atoms with Gasteiger partial charge in [0.1, 0.15) is 0 Å². The zero-order chi connectivity index (χ0) is 14.9. The summed E-state index contributed by atoms with van der Waals surface area (Å²) in [4.78, 5) is 13.2. The average Bonchev–Trinajstić information content (AvgIpc) is 2.86. The van der Waals surface area contributed by atoms with Crippen LogP contribution in [0, 0.1) is 0 Å². The van der Waals surface area contributed by atoms with Crippen LogP contribution >= 0.6 is 0 Å². The van der Waals surface area contributed by atoms with E-state index in [2.05, 4.69) is 5.10 Å². The molecule has 1 fully saturated rings. The van der Waals surface area contributed by atoms with Gasteiger partial charge in [0.25, 0.3) is 5.91 Å². The van der Waals surface area contributed by atoms with Crippen LogP contribution in [0.4, 0.5) is 12.7 Å². The second-order valence-electron chi connectivity index (χ2n) is 4.09. The van der Waals surface area contributed by atoms with Gasteiger partial charge in [-0.3, -0.25) is 4.79 Å². The van der Waals surface area contributed by atoms with Crippen LogP contribution in [0.15, 0.2) is 12.3 Å². The van der Waals surface area contributed by atoms with Crippen LogP contribution in [0.1, 0.15) is 17.0 Å². The minimum absolute atomic E-state index is 0.0243. The normalized spacial score (nSPS) is 17.7. The van der Waals surface area contributed by atoms with E-state index in [1.165, 1.54) is 4.90 Å². The Morgan fingerprint density at radius 1 is 1.25 bits per heavy atom. The van der Waals surface area contributed by atoms with Crippen molar-refractivity contribution >= 4 is 16.3 Å². The first-order valence-corrected chi connectivity index (χ1v) is 6.95. The first-order chi connectivity index (χ1) is 9.29. The summed E-state index contributed by atoms with van der Waals surface area (Å²) in [5, 5.41) is 3.42. The van der Waals surface area contributed by atoms with Crippen LogP contribution in [0.5, 0.6) is 0 Å². The van der Waals surface area contributed by atoms with E-state index >= 15 is 0 Å². The summed E-state index contributed by atoms with van der Waals surface area (Å²) in [6, 6.07) is 1.15. The molecule has 1 aliphatic heterocycles. The maximum atomic E-state index is 12.7. The molecule has 1 aliphatic rings. The molecule has 0 aromatic carbocycles. The second kappa shape index (κ2) is 5.40. The Bertz CT molecular complexity index is 595. The second-order valence-corrected chi connectivity index (χ2v) is 5.43. The number of hydrogen-bond acceptors (Lipinski definition) is 4. The lowest BCUT2D eigenvalue weighted by Crippen LogP contribution is -2.49. The predicted octanol–water partition coefficient (Wildman–Crippen LogP) is 0.250. The lowest BCUT2D eigenvalue weighted by atomic mass is 10.3. The Labute approximate surface area is 112 Å². The molecule has 0 aliphatic carbocycles. The van der Waals surface area contributed by atoms with Gasteiger partial charge in [-0.1, -0.05) is 3.89 Å². The fourth-order valence-electron chi connectivity index (χ4n) is 1.83. The van der Waals surface area contributed by atoms with Crippen LogP contribution in [-0.2, 0) is 10.4 Å².